The van der Waals surface area contributed by atoms with Crippen LogP contribution in [0.5, 0.6) is 0 Å². The Morgan fingerprint density at radius 3 is 2.75 bits per heavy atom. The Kier molecular flexibility index (Phi) is 4.28. The van der Waals surface area contributed by atoms with E-state index in [1.54, 1.807) is 0 Å². The van der Waals surface area contributed by atoms with E-state index in [2.05, 4.69) is 34.6 Å². The van der Waals surface area contributed by atoms with E-state index in [9.17, 15) is 0 Å². The molecule has 2 aromatic rings. The van der Waals surface area contributed by atoms with Crippen LogP contribution in [-0.4, -0.2) is 17.6 Å². The van der Waals surface area contributed by atoms with Gasteiger partial charge in [0.05, 0.1) is 5.52 Å². The SMILES string of the molecule is N[C@H]1CC[C@H](CNCc2ccnc3ccccc23)CC1. The monoisotopic (exact) mass is 269 g/mol. The number of benzene rings is 1. The van der Waals surface area contributed by atoms with Gasteiger partial charge in [0.2, 0.25) is 0 Å². The smallest absolute Gasteiger partial charge is 0.0705 e. The second kappa shape index (κ2) is 6.33. The number of para-hydroxylation sites is 1. The van der Waals surface area contributed by atoms with Crippen LogP contribution in [-0.2, 0) is 6.54 Å². The average molecular weight is 269 g/mol. The zero-order valence-electron chi connectivity index (χ0n) is 11.9. The van der Waals surface area contributed by atoms with Crippen LogP contribution in [0.4, 0.5) is 0 Å². The molecule has 3 N–H and O–H groups in total. The fraction of sp³-hybridized carbons (Fsp3) is 0.471. The molecule has 0 spiro atoms. The minimum absolute atomic E-state index is 0.440. The molecule has 0 aliphatic heterocycles. The number of nitrogens with two attached hydrogens (primary N) is 1. The summed E-state index contributed by atoms with van der Waals surface area (Å²) in [7, 11) is 0. The van der Waals surface area contributed by atoms with Crippen LogP contribution in [0.1, 0.15) is 31.2 Å². The largest absolute Gasteiger partial charge is 0.328 e. The summed E-state index contributed by atoms with van der Waals surface area (Å²) >= 11 is 0. The lowest BCUT2D eigenvalue weighted by molar-refractivity contribution is 0.314. The van der Waals surface area contributed by atoms with Gasteiger partial charge in [0.1, 0.15) is 0 Å². The summed E-state index contributed by atoms with van der Waals surface area (Å²) in [4.78, 5) is 4.41. The molecule has 1 aromatic heterocycles. The van der Waals surface area contributed by atoms with E-state index in [0.717, 1.165) is 24.5 Å². The van der Waals surface area contributed by atoms with Crippen molar-refractivity contribution in [3.05, 3.63) is 42.1 Å². The van der Waals surface area contributed by atoms with Crippen LogP contribution in [0.25, 0.3) is 10.9 Å². The first-order chi connectivity index (χ1) is 9.83. The molecule has 1 aromatic carbocycles. The average Bonchev–Trinajstić information content (AvgIpc) is 2.49. The fourth-order valence-electron chi connectivity index (χ4n) is 3.11. The first-order valence-corrected chi connectivity index (χ1v) is 7.62. The summed E-state index contributed by atoms with van der Waals surface area (Å²) in [6, 6.07) is 10.9. The minimum Gasteiger partial charge on any atom is -0.328 e. The molecule has 0 amide bonds. The maximum atomic E-state index is 5.95. The van der Waals surface area contributed by atoms with E-state index in [0.29, 0.717) is 6.04 Å². The zero-order chi connectivity index (χ0) is 13.8. The van der Waals surface area contributed by atoms with Crippen molar-refractivity contribution >= 4 is 10.9 Å². The lowest BCUT2D eigenvalue weighted by Crippen LogP contribution is -2.31. The van der Waals surface area contributed by atoms with Crippen molar-refractivity contribution in [2.45, 2.75) is 38.3 Å². The lowest BCUT2D eigenvalue weighted by Gasteiger charge is -2.26. The van der Waals surface area contributed by atoms with Crippen molar-refractivity contribution in [1.82, 2.24) is 10.3 Å². The Hall–Kier alpha value is -1.45. The first-order valence-electron chi connectivity index (χ1n) is 7.62. The normalized spacial score (nSPS) is 23.1. The van der Waals surface area contributed by atoms with Gasteiger partial charge in [-0.15, -0.1) is 0 Å². The van der Waals surface area contributed by atoms with Gasteiger partial charge in [-0.1, -0.05) is 18.2 Å². The topological polar surface area (TPSA) is 50.9 Å². The summed E-state index contributed by atoms with van der Waals surface area (Å²) in [5.74, 6) is 0.794. The van der Waals surface area contributed by atoms with Crippen LogP contribution < -0.4 is 11.1 Å². The lowest BCUT2D eigenvalue weighted by atomic mass is 9.86. The van der Waals surface area contributed by atoms with Crippen molar-refractivity contribution in [1.29, 1.82) is 0 Å². The number of pyridine rings is 1. The van der Waals surface area contributed by atoms with Crippen LogP contribution in [0.15, 0.2) is 36.5 Å². The van der Waals surface area contributed by atoms with Crippen molar-refractivity contribution in [2.75, 3.05) is 6.54 Å². The summed E-state index contributed by atoms with van der Waals surface area (Å²) in [6.07, 6.45) is 6.81. The number of aromatic nitrogens is 1. The molecule has 0 bridgehead atoms. The van der Waals surface area contributed by atoms with E-state index < -0.39 is 0 Å². The minimum atomic E-state index is 0.440. The number of hydrogen-bond donors (Lipinski definition) is 2. The van der Waals surface area contributed by atoms with E-state index in [4.69, 9.17) is 5.73 Å². The van der Waals surface area contributed by atoms with Crippen molar-refractivity contribution in [2.24, 2.45) is 11.7 Å². The highest BCUT2D eigenvalue weighted by molar-refractivity contribution is 5.81. The van der Waals surface area contributed by atoms with Gasteiger partial charge in [0, 0.05) is 24.2 Å². The number of rotatable bonds is 4. The molecule has 0 unspecified atom stereocenters. The van der Waals surface area contributed by atoms with Gasteiger partial charge < -0.3 is 11.1 Å². The van der Waals surface area contributed by atoms with Gasteiger partial charge in [0.25, 0.3) is 0 Å². The van der Waals surface area contributed by atoms with Gasteiger partial charge in [-0.2, -0.15) is 0 Å². The highest BCUT2D eigenvalue weighted by Crippen LogP contribution is 2.22. The van der Waals surface area contributed by atoms with E-state index in [1.807, 2.05) is 12.3 Å². The second-order valence-corrected chi connectivity index (χ2v) is 5.90. The summed E-state index contributed by atoms with van der Waals surface area (Å²) in [6.45, 7) is 2.02. The quantitative estimate of drug-likeness (QED) is 0.897. The van der Waals surface area contributed by atoms with Crippen molar-refractivity contribution in [3.63, 3.8) is 0 Å². The molecule has 1 aliphatic rings. The Labute approximate surface area is 120 Å². The Balaban J connectivity index is 1.57. The van der Waals surface area contributed by atoms with Crippen molar-refractivity contribution < 1.29 is 0 Å². The molecule has 1 aliphatic carbocycles. The fourth-order valence-corrected chi connectivity index (χ4v) is 3.11. The van der Waals surface area contributed by atoms with E-state index in [1.165, 1.54) is 36.6 Å². The van der Waals surface area contributed by atoms with Gasteiger partial charge in [-0.3, -0.25) is 4.98 Å². The molecule has 106 valence electrons. The predicted molar refractivity (Wildman–Crippen MR) is 83.4 cm³/mol. The molecule has 3 heteroatoms. The number of nitrogens with zero attached hydrogens (tertiary/aromatic N) is 1. The molecule has 3 nitrogen and oxygen atoms in total. The third-order valence-corrected chi connectivity index (χ3v) is 4.38. The highest BCUT2D eigenvalue weighted by atomic mass is 14.9. The molecule has 3 rings (SSSR count). The first kappa shape index (κ1) is 13.5. The molecule has 0 saturated heterocycles. The maximum absolute atomic E-state index is 5.95. The molecule has 0 radical (unpaired) electrons. The number of fused-ring (bicyclic) bond motifs is 1. The summed E-state index contributed by atoms with van der Waals surface area (Å²) in [5.41, 5.74) is 8.37. The predicted octanol–water partition coefficient (Wildman–Crippen LogP) is 2.84. The summed E-state index contributed by atoms with van der Waals surface area (Å²) < 4.78 is 0. The number of nitrogens with one attached hydrogen (secondary N) is 1. The van der Waals surface area contributed by atoms with Crippen LogP contribution in [0.2, 0.25) is 0 Å². The van der Waals surface area contributed by atoms with Crippen molar-refractivity contribution in [3.8, 4) is 0 Å². The van der Waals surface area contributed by atoms with Crippen LogP contribution in [0, 0.1) is 5.92 Å². The van der Waals surface area contributed by atoms with Gasteiger partial charge in [-0.25, -0.2) is 0 Å². The molecule has 1 saturated carbocycles. The molecular weight excluding hydrogens is 246 g/mol. The Morgan fingerprint density at radius 1 is 1.10 bits per heavy atom. The number of hydrogen-bond acceptors (Lipinski definition) is 3. The molecular formula is C17H23N3. The zero-order valence-corrected chi connectivity index (χ0v) is 11.9. The Morgan fingerprint density at radius 2 is 1.90 bits per heavy atom. The third-order valence-electron chi connectivity index (χ3n) is 4.38. The molecule has 20 heavy (non-hydrogen) atoms. The van der Waals surface area contributed by atoms with E-state index in [-0.39, 0.29) is 0 Å². The van der Waals surface area contributed by atoms with Crippen LogP contribution >= 0.6 is 0 Å². The molecule has 1 fully saturated rings. The van der Waals surface area contributed by atoms with Gasteiger partial charge in [-0.05, 0) is 55.8 Å². The van der Waals surface area contributed by atoms with Crippen LogP contribution in [0.3, 0.4) is 0 Å². The summed E-state index contributed by atoms with van der Waals surface area (Å²) in [5, 5.41) is 4.87. The second-order valence-electron chi connectivity index (χ2n) is 5.90. The Bertz CT molecular complexity index is 554. The third kappa shape index (κ3) is 3.17. The highest BCUT2D eigenvalue weighted by Gasteiger charge is 2.17. The molecule has 0 atom stereocenters. The van der Waals surface area contributed by atoms with Gasteiger partial charge >= 0.3 is 0 Å². The molecule has 1 heterocycles. The van der Waals surface area contributed by atoms with E-state index >= 15 is 0 Å². The van der Waals surface area contributed by atoms with Gasteiger partial charge in [0.15, 0.2) is 0 Å². The maximum Gasteiger partial charge on any atom is 0.0705 e. The standard InChI is InChI=1S/C17H23N3/c18-15-7-5-13(6-8-15)11-19-12-14-9-10-20-17-4-2-1-3-16(14)17/h1-4,9-10,13,15,19H,5-8,11-12,18H2/t13-,15-.